The van der Waals surface area contributed by atoms with Crippen molar-refractivity contribution < 1.29 is 22.4 Å². The molecule has 15 heteroatoms. The van der Waals surface area contributed by atoms with Crippen LogP contribution in [0.4, 0.5) is 19.1 Å². The van der Waals surface area contributed by atoms with Gasteiger partial charge in [-0.05, 0) is 22.9 Å². The number of nitrogens with zero attached hydrogens (tertiary/aromatic N) is 9. The van der Waals surface area contributed by atoms with E-state index in [9.17, 15) is 13.2 Å². The normalized spacial score (nSPS) is 11.6. The molecule has 4 aromatic heterocycles. The van der Waals surface area contributed by atoms with Crippen LogP contribution in [0.3, 0.4) is 0 Å². The van der Waals surface area contributed by atoms with Crippen molar-refractivity contribution in [3.05, 3.63) is 65.6 Å². The Morgan fingerprint density at radius 3 is 2.70 bits per heavy atom. The van der Waals surface area contributed by atoms with Crippen LogP contribution < -0.4 is 10.1 Å². The van der Waals surface area contributed by atoms with Crippen molar-refractivity contribution in [1.29, 1.82) is 0 Å². The highest BCUT2D eigenvalue weighted by atomic mass is 19.4. The van der Waals surface area contributed by atoms with Gasteiger partial charge in [0.2, 0.25) is 11.7 Å². The summed E-state index contributed by atoms with van der Waals surface area (Å²) in [5, 5.41) is 23.1. The van der Waals surface area contributed by atoms with E-state index >= 15 is 0 Å². The van der Waals surface area contributed by atoms with Gasteiger partial charge in [0.25, 0.3) is 11.8 Å². The Morgan fingerprint density at radius 2 is 1.97 bits per heavy atom. The number of alkyl halides is 3. The van der Waals surface area contributed by atoms with Gasteiger partial charge in [0.15, 0.2) is 0 Å². The van der Waals surface area contributed by atoms with E-state index in [1.165, 1.54) is 4.80 Å². The first-order valence-electron chi connectivity index (χ1n) is 10.8. The predicted molar refractivity (Wildman–Crippen MR) is 122 cm³/mol. The Bertz CT molecular complexity index is 1510. The molecule has 1 aromatic carbocycles. The molecule has 0 aliphatic carbocycles. The number of nitrogens with one attached hydrogen (secondary N) is 1. The lowest BCUT2D eigenvalue weighted by Crippen LogP contribution is -2.07. The van der Waals surface area contributed by atoms with Crippen molar-refractivity contribution in [1.82, 2.24) is 45.1 Å². The minimum absolute atomic E-state index is 0.0283. The van der Waals surface area contributed by atoms with Gasteiger partial charge >= 0.3 is 6.18 Å². The van der Waals surface area contributed by atoms with Gasteiger partial charge in [-0.2, -0.15) is 28.1 Å². The third-order valence-electron chi connectivity index (χ3n) is 5.28. The number of halogens is 3. The lowest BCUT2D eigenvalue weighted by atomic mass is 10.1. The number of pyridine rings is 1. The molecule has 0 unspecified atom stereocenters. The molecule has 4 heterocycles. The number of anilines is 1. The van der Waals surface area contributed by atoms with Crippen molar-refractivity contribution >= 4 is 5.95 Å². The minimum Gasteiger partial charge on any atom is -0.471 e. The number of tetrazole rings is 1. The minimum atomic E-state index is -4.47. The summed E-state index contributed by atoms with van der Waals surface area (Å²) in [5.41, 5.74) is 1.92. The van der Waals surface area contributed by atoms with Crippen LogP contribution in [0.15, 0.2) is 53.3 Å². The Morgan fingerprint density at radius 1 is 1.11 bits per heavy atom. The van der Waals surface area contributed by atoms with E-state index in [1.807, 2.05) is 24.3 Å². The third kappa shape index (κ3) is 5.39. The summed E-state index contributed by atoms with van der Waals surface area (Å²) < 4.78 is 50.9. The summed E-state index contributed by atoms with van der Waals surface area (Å²) in [4.78, 5) is 9.58. The van der Waals surface area contributed by atoms with Gasteiger partial charge in [0.1, 0.15) is 6.61 Å². The highest BCUT2D eigenvalue weighted by Crippen LogP contribution is 2.30. The van der Waals surface area contributed by atoms with Gasteiger partial charge in [-0.15, -0.1) is 5.10 Å². The number of hydrogen-bond acceptors (Lipinski definition) is 10. The molecule has 5 rings (SSSR count). The number of ether oxygens (including phenoxy) is 1. The smallest absolute Gasteiger partial charge is 0.417 e. The van der Waals surface area contributed by atoms with Crippen molar-refractivity contribution in [2.75, 3.05) is 5.32 Å². The lowest BCUT2D eigenvalue weighted by Gasteiger charge is -2.09. The van der Waals surface area contributed by atoms with Gasteiger partial charge in [-0.25, -0.2) is 4.98 Å². The highest BCUT2D eigenvalue weighted by Gasteiger charge is 2.30. The quantitative estimate of drug-likeness (QED) is 0.330. The van der Waals surface area contributed by atoms with Crippen LogP contribution in [0.25, 0.3) is 22.8 Å². The van der Waals surface area contributed by atoms with E-state index in [4.69, 9.17) is 9.26 Å². The van der Waals surface area contributed by atoms with E-state index in [0.29, 0.717) is 29.6 Å². The maximum absolute atomic E-state index is 12.8. The molecule has 12 nitrogen and oxygen atoms in total. The van der Waals surface area contributed by atoms with Crippen molar-refractivity contribution in [2.24, 2.45) is 14.1 Å². The van der Waals surface area contributed by atoms with Gasteiger partial charge in [-0.1, -0.05) is 28.5 Å². The molecule has 0 fully saturated rings. The van der Waals surface area contributed by atoms with Crippen LogP contribution >= 0.6 is 0 Å². The number of hydrogen-bond donors (Lipinski definition) is 1. The lowest BCUT2D eigenvalue weighted by molar-refractivity contribution is -0.137. The number of benzene rings is 1. The van der Waals surface area contributed by atoms with Crippen LogP contribution in [0.1, 0.15) is 16.8 Å². The zero-order valence-corrected chi connectivity index (χ0v) is 19.5. The Hall–Kier alpha value is -4.82. The summed E-state index contributed by atoms with van der Waals surface area (Å²) in [6, 6.07) is 9.62. The molecule has 0 radical (unpaired) electrons. The number of aromatic nitrogens is 9. The standard InChI is InChI=1S/C22H19F3N10O2/c1-34-17(12-36-18-7-6-15(10-26-18)22(23,24)25)16(11-28-34)20-29-19(32-37-20)14-5-3-4-13(8-14)9-27-21-30-33-35(2)31-21/h3-8,10-11H,9,12H2,1-2H3,(H,27,31). The molecule has 0 spiro atoms. The molecule has 37 heavy (non-hydrogen) atoms. The first-order valence-corrected chi connectivity index (χ1v) is 10.8. The summed E-state index contributed by atoms with van der Waals surface area (Å²) in [6.07, 6.45) is -2.21. The van der Waals surface area contributed by atoms with E-state index in [1.54, 1.807) is 25.0 Å². The first-order chi connectivity index (χ1) is 17.8. The number of aryl methyl sites for hydroxylation is 2. The fraction of sp³-hybridized carbons (Fsp3) is 0.227. The Balaban J connectivity index is 1.29. The predicted octanol–water partition coefficient (Wildman–Crippen LogP) is 3.27. The summed E-state index contributed by atoms with van der Waals surface area (Å²) >= 11 is 0. The van der Waals surface area contributed by atoms with Crippen LogP contribution in [-0.4, -0.2) is 45.1 Å². The van der Waals surface area contributed by atoms with E-state index in [2.05, 4.69) is 41.0 Å². The molecular formula is C22H19F3N10O2. The Kier molecular flexibility index (Phi) is 6.25. The van der Waals surface area contributed by atoms with Gasteiger partial charge < -0.3 is 14.6 Å². The largest absolute Gasteiger partial charge is 0.471 e. The molecule has 0 saturated carbocycles. The zero-order valence-electron chi connectivity index (χ0n) is 19.5. The summed E-state index contributed by atoms with van der Waals surface area (Å²) in [7, 11) is 3.38. The molecule has 0 aliphatic heterocycles. The molecule has 1 N–H and O–H groups in total. The second-order valence-electron chi connectivity index (χ2n) is 7.88. The Labute approximate surface area is 207 Å². The molecule has 5 aromatic rings. The fourth-order valence-corrected chi connectivity index (χ4v) is 3.39. The van der Waals surface area contributed by atoms with Crippen molar-refractivity contribution in [3.63, 3.8) is 0 Å². The highest BCUT2D eigenvalue weighted by molar-refractivity contribution is 5.61. The van der Waals surface area contributed by atoms with Crippen molar-refractivity contribution in [2.45, 2.75) is 19.3 Å². The average Bonchev–Trinajstić information content (AvgIpc) is 3.61. The fourth-order valence-electron chi connectivity index (χ4n) is 3.39. The maximum Gasteiger partial charge on any atom is 0.417 e. The second-order valence-corrected chi connectivity index (χ2v) is 7.88. The summed E-state index contributed by atoms with van der Waals surface area (Å²) in [5.74, 6) is 1.03. The van der Waals surface area contributed by atoms with Gasteiger partial charge in [0, 0.05) is 31.4 Å². The van der Waals surface area contributed by atoms with E-state index in [0.717, 1.165) is 29.5 Å². The average molecular weight is 512 g/mol. The van der Waals surface area contributed by atoms with Crippen LogP contribution in [0, 0.1) is 0 Å². The van der Waals surface area contributed by atoms with Crippen LogP contribution in [0.5, 0.6) is 5.88 Å². The molecule has 0 amide bonds. The molecule has 0 saturated heterocycles. The van der Waals surface area contributed by atoms with Gasteiger partial charge in [-0.3, -0.25) is 4.68 Å². The molecule has 0 atom stereocenters. The number of rotatable bonds is 8. The third-order valence-corrected chi connectivity index (χ3v) is 5.28. The monoisotopic (exact) mass is 512 g/mol. The van der Waals surface area contributed by atoms with E-state index < -0.39 is 11.7 Å². The molecule has 190 valence electrons. The summed E-state index contributed by atoms with van der Waals surface area (Å²) in [6.45, 7) is 0.436. The van der Waals surface area contributed by atoms with Crippen LogP contribution in [-0.2, 0) is 33.4 Å². The second kappa shape index (κ2) is 9.67. The maximum atomic E-state index is 12.8. The SMILES string of the molecule is Cn1nnc(NCc2cccc(-c3noc(-c4cnn(C)c4COc4ccc(C(F)(F)F)cn4)n3)c2)n1. The van der Waals surface area contributed by atoms with E-state index in [-0.39, 0.29) is 18.4 Å². The van der Waals surface area contributed by atoms with Gasteiger partial charge in [0.05, 0.1) is 30.1 Å². The molecule has 0 aliphatic rings. The van der Waals surface area contributed by atoms with Crippen molar-refractivity contribution in [3.8, 4) is 28.7 Å². The first kappa shape index (κ1) is 23.9. The molecular weight excluding hydrogens is 493 g/mol. The zero-order chi connectivity index (χ0) is 26.0. The molecule has 0 bridgehead atoms. The van der Waals surface area contributed by atoms with Crippen LogP contribution in [0.2, 0.25) is 0 Å². The topological polar surface area (TPSA) is 134 Å².